The van der Waals surface area contributed by atoms with Gasteiger partial charge in [0.15, 0.2) is 11.5 Å². The summed E-state index contributed by atoms with van der Waals surface area (Å²) in [6.07, 6.45) is 6.55. The number of benzene rings is 2. The lowest BCUT2D eigenvalue weighted by Gasteiger charge is -2.32. The van der Waals surface area contributed by atoms with Gasteiger partial charge in [0, 0.05) is 6.04 Å². The second-order valence-corrected chi connectivity index (χ2v) is 10.9. The molecule has 2 aliphatic rings. The summed E-state index contributed by atoms with van der Waals surface area (Å²) in [7, 11) is -0.990. The zero-order valence-electron chi connectivity index (χ0n) is 19.7. The van der Waals surface area contributed by atoms with Gasteiger partial charge in [-0.05, 0) is 49.1 Å². The summed E-state index contributed by atoms with van der Waals surface area (Å²) < 4.78 is 40.1. The van der Waals surface area contributed by atoms with Crippen molar-refractivity contribution in [2.24, 2.45) is 5.92 Å². The molecule has 1 heterocycles. The fourth-order valence-electron chi connectivity index (χ4n) is 5.15. The third-order valence-electron chi connectivity index (χ3n) is 6.86. The molecule has 7 nitrogen and oxygen atoms in total. The number of hydrogen-bond acceptors (Lipinski definition) is 5. The minimum Gasteiger partial charge on any atom is -0.493 e. The van der Waals surface area contributed by atoms with Gasteiger partial charge in [0.1, 0.15) is 0 Å². The van der Waals surface area contributed by atoms with Crippen LogP contribution in [0.2, 0.25) is 0 Å². The molecule has 0 amide bonds. The molecule has 1 N–H and O–H groups in total. The van der Waals surface area contributed by atoms with E-state index in [2.05, 4.69) is 0 Å². The average molecular weight is 486 g/mol. The van der Waals surface area contributed by atoms with Crippen LogP contribution in [0.25, 0.3) is 0 Å². The predicted molar refractivity (Wildman–Crippen MR) is 129 cm³/mol. The second-order valence-electron chi connectivity index (χ2n) is 9.05. The Morgan fingerprint density at radius 3 is 2.26 bits per heavy atom. The van der Waals surface area contributed by atoms with Crippen LogP contribution in [0, 0.1) is 12.8 Å². The number of nitrogens with zero attached hydrogens (tertiary/aromatic N) is 1. The highest BCUT2D eigenvalue weighted by Crippen LogP contribution is 2.45. The van der Waals surface area contributed by atoms with Crippen molar-refractivity contribution in [2.45, 2.75) is 56.0 Å². The maximum Gasteiger partial charge on any atom is 0.333 e. The molecular weight excluding hydrogens is 454 g/mol. The molecule has 0 aromatic heterocycles. The van der Waals surface area contributed by atoms with E-state index in [0.29, 0.717) is 29.4 Å². The number of carbonyl (C=O) groups is 1. The van der Waals surface area contributed by atoms with Crippen molar-refractivity contribution in [3.05, 3.63) is 65.2 Å². The summed E-state index contributed by atoms with van der Waals surface area (Å²) in [5.41, 5.74) is 1.53. The highest BCUT2D eigenvalue weighted by molar-refractivity contribution is 7.89. The highest BCUT2D eigenvalue weighted by Gasteiger charge is 2.46. The van der Waals surface area contributed by atoms with E-state index in [9.17, 15) is 18.3 Å². The van der Waals surface area contributed by atoms with Gasteiger partial charge in [-0.3, -0.25) is 0 Å². The SMILES string of the molecule is COc1ccc([C@H]2C(C(=O)O)=C[C@@H](CC3CCCC3)N2S(=O)(=O)c2ccc(C)cc2)cc1OC. The Morgan fingerprint density at radius 1 is 1.03 bits per heavy atom. The van der Waals surface area contributed by atoms with Crippen molar-refractivity contribution in [3.63, 3.8) is 0 Å². The third-order valence-corrected chi connectivity index (χ3v) is 8.77. The van der Waals surface area contributed by atoms with E-state index in [1.54, 1.807) is 48.5 Å². The Bertz CT molecular complexity index is 1180. The number of carboxylic acid groups (broad SMARTS) is 1. The number of sulfonamides is 1. The molecule has 1 fully saturated rings. The van der Waals surface area contributed by atoms with Gasteiger partial charge in [0.25, 0.3) is 0 Å². The fraction of sp³-hybridized carbons (Fsp3) is 0.423. The lowest BCUT2D eigenvalue weighted by Crippen LogP contribution is -2.39. The van der Waals surface area contributed by atoms with Crippen molar-refractivity contribution in [1.29, 1.82) is 0 Å². The van der Waals surface area contributed by atoms with Crippen LogP contribution in [0.5, 0.6) is 11.5 Å². The smallest absolute Gasteiger partial charge is 0.333 e. The summed E-state index contributed by atoms with van der Waals surface area (Å²) >= 11 is 0. The summed E-state index contributed by atoms with van der Waals surface area (Å²) in [5.74, 6) is 0.145. The highest BCUT2D eigenvalue weighted by atomic mass is 32.2. The van der Waals surface area contributed by atoms with Crippen LogP contribution < -0.4 is 9.47 Å². The van der Waals surface area contributed by atoms with Crippen molar-refractivity contribution in [2.75, 3.05) is 14.2 Å². The standard InChI is InChI=1S/C26H31NO6S/c1-17-8-11-21(12-9-17)34(30,31)27-20(14-18-6-4-5-7-18)16-22(26(28)29)25(27)19-10-13-23(32-2)24(15-19)33-3/h8-13,15-16,18,20,25H,4-7,14H2,1-3H3,(H,28,29)/t20-,25+/m1/s1. The van der Waals surface area contributed by atoms with Gasteiger partial charge in [0.2, 0.25) is 10.0 Å². The number of methoxy groups -OCH3 is 2. The monoisotopic (exact) mass is 485 g/mol. The van der Waals surface area contributed by atoms with Gasteiger partial charge in [-0.2, -0.15) is 4.31 Å². The molecule has 8 heteroatoms. The quantitative estimate of drug-likeness (QED) is 0.582. The van der Waals surface area contributed by atoms with Crippen LogP contribution in [0.1, 0.15) is 49.3 Å². The third kappa shape index (κ3) is 4.57. The van der Waals surface area contributed by atoms with Crippen LogP contribution in [-0.4, -0.2) is 44.1 Å². The summed E-state index contributed by atoms with van der Waals surface area (Å²) in [5, 5.41) is 10.1. The maximum absolute atomic E-state index is 14.0. The van der Waals surface area contributed by atoms with Crippen molar-refractivity contribution >= 4 is 16.0 Å². The molecule has 1 aliphatic carbocycles. The molecular formula is C26H31NO6S. The molecule has 0 radical (unpaired) electrons. The lowest BCUT2D eigenvalue weighted by atomic mass is 9.98. The van der Waals surface area contributed by atoms with Crippen molar-refractivity contribution in [1.82, 2.24) is 4.31 Å². The Balaban J connectivity index is 1.85. The predicted octanol–water partition coefficient (Wildman–Crippen LogP) is 4.72. The van der Waals surface area contributed by atoms with Gasteiger partial charge < -0.3 is 14.6 Å². The Hall–Kier alpha value is -2.84. The largest absolute Gasteiger partial charge is 0.493 e. The molecule has 2 aromatic rings. The van der Waals surface area contributed by atoms with Crippen molar-refractivity contribution in [3.8, 4) is 11.5 Å². The van der Waals surface area contributed by atoms with Gasteiger partial charge in [0.05, 0.1) is 30.7 Å². The first-order valence-electron chi connectivity index (χ1n) is 11.5. The van der Waals surface area contributed by atoms with E-state index in [-0.39, 0.29) is 10.5 Å². The zero-order chi connectivity index (χ0) is 24.5. The Morgan fingerprint density at radius 2 is 1.68 bits per heavy atom. The van der Waals surface area contributed by atoms with Crippen LogP contribution in [0.4, 0.5) is 0 Å². The van der Waals surface area contributed by atoms with Gasteiger partial charge in [-0.15, -0.1) is 0 Å². The van der Waals surface area contributed by atoms with Crippen LogP contribution in [0.3, 0.4) is 0 Å². The minimum atomic E-state index is -4.00. The number of aliphatic carboxylic acids is 1. The van der Waals surface area contributed by atoms with Crippen LogP contribution in [-0.2, 0) is 14.8 Å². The molecule has 4 rings (SSSR count). The Labute approximate surface area is 201 Å². The molecule has 0 spiro atoms. The maximum atomic E-state index is 14.0. The summed E-state index contributed by atoms with van der Waals surface area (Å²) in [4.78, 5) is 12.5. The van der Waals surface area contributed by atoms with E-state index in [1.165, 1.54) is 18.5 Å². The Kier molecular flexibility index (Phi) is 7.00. The number of hydrogen-bond donors (Lipinski definition) is 1. The first kappa shape index (κ1) is 24.3. The number of ether oxygens (including phenoxy) is 2. The van der Waals surface area contributed by atoms with E-state index < -0.39 is 28.1 Å². The van der Waals surface area contributed by atoms with Gasteiger partial charge >= 0.3 is 5.97 Å². The minimum absolute atomic E-state index is 0.0610. The zero-order valence-corrected chi connectivity index (χ0v) is 20.5. The molecule has 182 valence electrons. The molecule has 0 unspecified atom stereocenters. The summed E-state index contributed by atoms with van der Waals surface area (Å²) in [6.45, 7) is 1.89. The van der Waals surface area contributed by atoms with Gasteiger partial charge in [-0.1, -0.05) is 55.5 Å². The number of carboxylic acids is 1. The topological polar surface area (TPSA) is 93.1 Å². The van der Waals surface area contributed by atoms with Crippen LogP contribution >= 0.6 is 0 Å². The molecule has 0 bridgehead atoms. The molecule has 2 aromatic carbocycles. The second kappa shape index (κ2) is 9.80. The molecule has 1 aliphatic heterocycles. The van der Waals surface area contributed by atoms with Crippen LogP contribution in [0.15, 0.2) is 59.0 Å². The normalized spacial score (nSPS) is 21.4. The summed E-state index contributed by atoms with van der Waals surface area (Å²) in [6, 6.07) is 10.2. The first-order valence-corrected chi connectivity index (χ1v) is 13.0. The first-order chi connectivity index (χ1) is 16.3. The van der Waals surface area contributed by atoms with E-state index in [1.807, 2.05) is 6.92 Å². The molecule has 1 saturated carbocycles. The lowest BCUT2D eigenvalue weighted by molar-refractivity contribution is -0.133. The fourth-order valence-corrected chi connectivity index (χ4v) is 6.89. The van der Waals surface area contributed by atoms with E-state index in [0.717, 1.165) is 31.2 Å². The number of aryl methyl sites for hydroxylation is 1. The van der Waals surface area contributed by atoms with Gasteiger partial charge in [-0.25, -0.2) is 13.2 Å². The van der Waals surface area contributed by atoms with Crippen molar-refractivity contribution < 1.29 is 27.8 Å². The number of rotatable bonds is 8. The molecule has 34 heavy (non-hydrogen) atoms. The average Bonchev–Trinajstić information content (AvgIpc) is 3.47. The molecule has 0 saturated heterocycles. The van der Waals surface area contributed by atoms with E-state index in [4.69, 9.17) is 9.47 Å². The van der Waals surface area contributed by atoms with E-state index >= 15 is 0 Å². The molecule has 2 atom stereocenters.